The van der Waals surface area contributed by atoms with E-state index in [0.717, 1.165) is 5.56 Å². The molecule has 120 valence electrons. The summed E-state index contributed by atoms with van der Waals surface area (Å²) in [6.45, 7) is 4.94. The molecular weight excluding hydrogens is 311 g/mol. The maximum absolute atomic E-state index is 11.9. The molecule has 0 radical (unpaired) electrons. The van der Waals surface area contributed by atoms with Crippen molar-refractivity contribution in [3.63, 3.8) is 0 Å². The first kappa shape index (κ1) is 20.2. The van der Waals surface area contributed by atoms with Crippen LogP contribution in [0.2, 0.25) is 5.02 Å². The lowest BCUT2D eigenvalue weighted by Crippen LogP contribution is -2.39. The molecule has 0 spiro atoms. The number of methoxy groups -OCH3 is 1. The molecule has 0 saturated heterocycles. The zero-order valence-electron chi connectivity index (χ0n) is 12.7. The van der Waals surface area contributed by atoms with E-state index in [1.165, 1.54) is 0 Å². The Morgan fingerprint density at radius 1 is 1.43 bits per heavy atom. The average molecular weight is 335 g/mol. The normalized spacial score (nSPS) is 12.4. The molecule has 0 saturated carbocycles. The van der Waals surface area contributed by atoms with Gasteiger partial charge in [-0.3, -0.25) is 4.79 Å². The zero-order valence-corrected chi connectivity index (χ0v) is 14.3. The molecule has 0 aromatic heterocycles. The molecule has 0 fully saturated rings. The highest BCUT2D eigenvalue weighted by molar-refractivity contribution is 6.31. The minimum Gasteiger partial charge on any atom is -0.380 e. The van der Waals surface area contributed by atoms with Crippen molar-refractivity contribution in [2.75, 3.05) is 20.2 Å². The Bertz CT molecular complexity index is 449. The summed E-state index contributed by atoms with van der Waals surface area (Å²) in [5.41, 5.74) is 6.28. The van der Waals surface area contributed by atoms with Gasteiger partial charge in [0.05, 0.1) is 12.5 Å². The lowest BCUT2D eigenvalue weighted by molar-refractivity contribution is -0.123. The Balaban J connectivity index is 0.00000400. The maximum Gasteiger partial charge on any atom is 0.222 e. The Labute approximate surface area is 137 Å². The van der Waals surface area contributed by atoms with Crippen LogP contribution in [0.5, 0.6) is 0 Å². The zero-order chi connectivity index (χ0) is 15.2. The molecule has 4 nitrogen and oxygen atoms in total. The minimum absolute atomic E-state index is 0. The molecule has 0 aliphatic heterocycles. The summed E-state index contributed by atoms with van der Waals surface area (Å²) in [5, 5.41) is 3.63. The van der Waals surface area contributed by atoms with E-state index >= 15 is 0 Å². The van der Waals surface area contributed by atoms with Gasteiger partial charge in [0.1, 0.15) is 0 Å². The van der Waals surface area contributed by atoms with Crippen molar-refractivity contribution in [3.8, 4) is 0 Å². The number of carbonyl (C=O) groups excluding carboxylic acids is 1. The third-order valence-electron chi connectivity index (χ3n) is 3.34. The van der Waals surface area contributed by atoms with Crippen molar-refractivity contribution in [2.45, 2.75) is 31.8 Å². The predicted molar refractivity (Wildman–Crippen MR) is 89.2 cm³/mol. The molecule has 1 unspecified atom stereocenters. The Hall–Kier alpha value is -0.810. The van der Waals surface area contributed by atoms with Crippen LogP contribution in [0.3, 0.4) is 0 Å². The van der Waals surface area contributed by atoms with Crippen LogP contribution in [0.15, 0.2) is 24.3 Å². The molecule has 1 aromatic rings. The molecule has 21 heavy (non-hydrogen) atoms. The summed E-state index contributed by atoms with van der Waals surface area (Å²) in [6.07, 6.45) is 0.0319. The second-order valence-corrected chi connectivity index (χ2v) is 5.85. The summed E-state index contributed by atoms with van der Waals surface area (Å²) in [4.78, 5) is 11.9. The van der Waals surface area contributed by atoms with Crippen LogP contribution in [-0.2, 0) is 14.9 Å². The van der Waals surface area contributed by atoms with Gasteiger partial charge in [-0.05, 0) is 11.6 Å². The highest BCUT2D eigenvalue weighted by atomic mass is 35.5. The first-order valence-corrected chi connectivity index (χ1v) is 7.03. The molecule has 1 aromatic carbocycles. The first-order valence-electron chi connectivity index (χ1n) is 6.65. The third kappa shape index (κ3) is 6.22. The van der Waals surface area contributed by atoms with Gasteiger partial charge >= 0.3 is 0 Å². The fourth-order valence-corrected chi connectivity index (χ4v) is 2.36. The van der Waals surface area contributed by atoms with Crippen molar-refractivity contribution >= 4 is 29.9 Å². The molecule has 1 rings (SSSR count). The van der Waals surface area contributed by atoms with Crippen LogP contribution in [-0.4, -0.2) is 32.2 Å². The SMILES string of the molecule is COC(CN)CC(=O)NCC(C)(C)c1ccccc1Cl.Cl. The number of halogens is 2. The lowest BCUT2D eigenvalue weighted by Gasteiger charge is -2.27. The summed E-state index contributed by atoms with van der Waals surface area (Å²) >= 11 is 6.20. The molecule has 0 aliphatic carbocycles. The molecular formula is C15H24Cl2N2O2. The largest absolute Gasteiger partial charge is 0.380 e. The first-order chi connectivity index (χ1) is 9.40. The van der Waals surface area contributed by atoms with Gasteiger partial charge in [0.2, 0.25) is 5.91 Å². The van der Waals surface area contributed by atoms with E-state index in [1.54, 1.807) is 7.11 Å². The molecule has 1 atom stereocenters. The number of nitrogens with one attached hydrogen (secondary N) is 1. The van der Waals surface area contributed by atoms with Gasteiger partial charge in [0, 0.05) is 30.6 Å². The second kappa shape index (κ2) is 9.26. The van der Waals surface area contributed by atoms with Gasteiger partial charge in [-0.25, -0.2) is 0 Å². The summed E-state index contributed by atoms with van der Waals surface area (Å²) in [5.74, 6) is -0.0672. The predicted octanol–water partition coefficient (Wildman–Crippen LogP) is 2.52. The monoisotopic (exact) mass is 334 g/mol. The average Bonchev–Trinajstić information content (AvgIpc) is 2.43. The van der Waals surface area contributed by atoms with Crippen molar-refractivity contribution in [2.24, 2.45) is 5.73 Å². The number of hydrogen-bond donors (Lipinski definition) is 2. The number of ether oxygens (including phenoxy) is 1. The smallest absolute Gasteiger partial charge is 0.222 e. The Kier molecular flexibility index (Phi) is 8.90. The van der Waals surface area contributed by atoms with Gasteiger partial charge in [-0.1, -0.05) is 43.6 Å². The number of nitrogens with two attached hydrogens (primary N) is 1. The lowest BCUT2D eigenvalue weighted by atomic mass is 9.84. The van der Waals surface area contributed by atoms with Crippen LogP contribution in [0.1, 0.15) is 25.8 Å². The van der Waals surface area contributed by atoms with E-state index in [1.807, 2.05) is 38.1 Å². The second-order valence-electron chi connectivity index (χ2n) is 5.44. The topological polar surface area (TPSA) is 64.3 Å². The molecule has 0 heterocycles. The Morgan fingerprint density at radius 2 is 2.05 bits per heavy atom. The van der Waals surface area contributed by atoms with Crippen molar-refractivity contribution < 1.29 is 9.53 Å². The van der Waals surface area contributed by atoms with E-state index in [4.69, 9.17) is 22.1 Å². The highest BCUT2D eigenvalue weighted by Crippen LogP contribution is 2.28. The summed E-state index contributed by atoms with van der Waals surface area (Å²) in [6, 6.07) is 7.67. The maximum atomic E-state index is 11.9. The number of hydrogen-bond acceptors (Lipinski definition) is 3. The van der Waals surface area contributed by atoms with Crippen LogP contribution in [0, 0.1) is 0 Å². The minimum atomic E-state index is -0.238. The van der Waals surface area contributed by atoms with Crippen LogP contribution >= 0.6 is 24.0 Å². The fraction of sp³-hybridized carbons (Fsp3) is 0.533. The van der Waals surface area contributed by atoms with Gasteiger partial charge in [0.15, 0.2) is 0 Å². The third-order valence-corrected chi connectivity index (χ3v) is 3.67. The highest BCUT2D eigenvalue weighted by Gasteiger charge is 2.24. The molecule has 0 aliphatic rings. The number of rotatable bonds is 7. The quantitative estimate of drug-likeness (QED) is 0.805. The number of carbonyl (C=O) groups is 1. The summed E-state index contributed by atoms with van der Waals surface area (Å²) in [7, 11) is 1.55. The number of amides is 1. The van der Waals surface area contributed by atoms with Crippen LogP contribution < -0.4 is 11.1 Å². The fourth-order valence-electron chi connectivity index (χ4n) is 1.97. The van der Waals surface area contributed by atoms with Crippen molar-refractivity contribution in [3.05, 3.63) is 34.9 Å². The van der Waals surface area contributed by atoms with Gasteiger partial charge in [-0.2, -0.15) is 0 Å². The molecule has 1 amide bonds. The van der Waals surface area contributed by atoms with Crippen molar-refractivity contribution in [1.82, 2.24) is 5.32 Å². The molecule has 6 heteroatoms. The molecule has 0 bridgehead atoms. The number of benzene rings is 1. The van der Waals surface area contributed by atoms with Gasteiger partial charge in [0.25, 0.3) is 0 Å². The van der Waals surface area contributed by atoms with E-state index in [-0.39, 0.29) is 36.3 Å². The molecule has 3 N–H and O–H groups in total. The van der Waals surface area contributed by atoms with Crippen molar-refractivity contribution in [1.29, 1.82) is 0 Å². The standard InChI is InChI=1S/C15H23ClN2O2.ClH/c1-15(2,12-6-4-5-7-13(12)16)10-18-14(19)8-11(9-17)20-3;/h4-7,11H,8-10,17H2,1-3H3,(H,18,19);1H. The van der Waals surface area contributed by atoms with E-state index in [9.17, 15) is 4.79 Å². The van der Waals surface area contributed by atoms with E-state index in [2.05, 4.69) is 5.32 Å². The van der Waals surface area contributed by atoms with Gasteiger partial charge in [-0.15, -0.1) is 12.4 Å². The van der Waals surface area contributed by atoms with E-state index in [0.29, 0.717) is 18.1 Å². The summed E-state index contributed by atoms with van der Waals surface area (Å²) < 4.78 is 5.10. The Morgan fingerprint density at radius 3 is 2.57 bits per heavy atom. The van der Waals surface area contributed by atoms with Crippen LogP contribution in [0.25, 0.3) is 0 Å². The van der Waals surface area contributed by atoms with E-state index < -0.39 is 0 Å². The van der Waals surface area contributed by atoms with Crippen LogP contribution in [0.4, 0.5) is 0 Å². The van der Waals surface area contributed by atoms with Gasteiger partial charge < -0.3 is 15.8 Å².